The van der Waals surface area contributed by atoms with Crippen molar-refractivity contribution in [2.45, 2.75) is 92.9 Å². The van der Waals surface area contributed by atoms with E-state index in [1.54, 1.807) is 25.3 Å². The van der Waals surface area contributed by atoms with Gasteiger partial charge in [-0.2, -0.15) is 5.11 Å². The summed E-state index contributed by atoms with van der Waals surface area (Å²) in [6.07, 6.45) is 13.0. The minimum atomic E-state index is -0.880. The van der Waals surface area contributed by atoms with Crippen molar-refractivity contribution in [1.82, 2.24) is 5.32 Å². The molecule has 2 N–H and O–H groups in total. The maximum atomic E-state index is 12.6. The number of carbonyl (C=O) groups is 2. The van der Waals surface area contributed by atoms with Crippen LogP contribution in [-0.2, 0) is 16.0 Å². The lowest BCUT2D eigenvalue weighted by Gasteiger charge is -2.24. The van der Waals surface area contributed by atoms with Crippen molar-refractivity contribution in [3.05, 3.63) is 78.0 Å². The Hall–Kier alpha value is -3.19. The van der Waals surface area contributed by atoms with Gasteiger partial charge in [-0.1, -0.05) is 107 Å². The zero-order valence-corrected chi connectivity index (χ0v) is 28.3. The number of aliphatic carboxylic acids is 1. The molecule has 1 aliphatic rings. The Labute approximate surface area is 265 Å². The number of nitrogens with zero attached hydrogens (tertiary/aromatic N) is 3. The number of benzene rings is 1. The number of anilines is 1. The Morgan fingerprint density at radius 1 is 1.16 bits per heavy atom. The molecule has 240 valence electrons. The van der Waals surface area contributed by atoms with E-state index in [0.717, 1.165) is 37.1 Å². The largest absolute Gasteiger partial charge is 0.481 e. The van der Waals surface area contributed by atoms with Gasteiger partial charge in [0.15, 0.2) is 0 Å². The van der Waals surface area contributed by atoms with E-state index in [1.807, 2.05) is 18.0 Å². The third-order valence-corrected chi connectivity index (χ3v) is 6.63. The van der Waals surface area contributed by atoms with Gasteiger partial charge in [-0.25, -0.2) is 5.01 Å². The van der Waals surface area contributed by atoms with Gasteiger partial charge in [0.25, 0.3) is 0 Å². The number of carbonyl (C=O) groups excluding carboxylic acids is 1. The summed E-state index contributed by atoms with van der Waals surface area (Å²) in [6, 6.07) is 8.37. The molecule has 0 bridgehead atoms. The van der Waals surface area contributed by atoms with Crippen molar-refractivity contribution < 1.29 is 14.7 Å². The molecule has 7 nitrogen and oxygen atoms in total. The minimum Gasteiger partial charge on any atom is -0.481 e. The predicted octanol–water partition coefficient (Wildman–Crippen LogP) is 9.67. The van der Waals surface area contributed by atoms with Crippen LogP contribution in [-0.4, -0.2) is 30.6 Å². The SMILES string of the molecule is C/C=C(/Cl)CNC(=O)CC(/C=C(\C1CC1)N(N=NC)c1ccc(CCC(C)(C)C)cc1)CCC(=O)O.C=CC=C.CCC. The van der Waals surface area contributed by atoms with Crippen molar-refractivity contribution in [2.24, 2.45) is 27.6 Å². The fraction of sp³-hybridized carbons (Fsp3) is 0.543. The van der Waals surface area contributed by atoms with Crippen LogP contribution in [0.5, 0.6) is 0 Å². The number of halogens is 1. The number of aryl methyl sites for hydroxylation is 1. The van der Waals surface area contributed by atoms with Crippen LogP contribution in [0.3, 0.4) is 0 Å². The second-order valence-corrected chi connectivity index (χ2v) is 12.3. The van der Waals surface area contributed by atoms with Crippen LogP contribution in [0.1, 0.15) is 92.1 Å². The highest BCUT2D eigenvalue weighted by molar-refractivity contribution is 6.29. The number of nitrogens with one attached hydrogen (secondary N) is 1. The molecular weight excluding hydrogens is 560 g/mol. The highest BCUT2D eigenvalue weighted by Crippen LogP contribution is 2.41. The molecule has 0 aromatic heterocycles. The molecule has 0 aliphatic heterocycles. The van der Waals surface area contributed by atoms with E-state index in [2.05, 4.69) is 87.7 Å². The van der Waals surface area contributed by atoms with Crippen molar-refractivity contribution in [3.63, 3.8) is 0 Å². The molecule has 1 aromatic rings. The smallest absolute Gasteiger partial charge is 0.303 e. The molecule has 0 saturated heterocycles. The zero-order chi connectivity index (χ0) is 32.8. The number of carboxylic acid groups (broad SMARTS) is 1. The molecule has 1 amide bonds. The van der Waals surface area contributed by atoms with Gasteiger partial charge in [0.1, 0.15) is 0 Å². The standard InChI is InChI=1S/C28H41ClN4O3.C4H6.C3H8/c1-6-23(29)19-31-26(34)18-21(9-14-27(35)36)17-25(22-10-11-22)33(32-30-5)24-12-7-20(8-13-24)15-16-28(2,3)4;1-3-4-2;1-3-2/h6-8,12-13,17,21-22H,9-11,14-16,18-19H2,1-5H3,(H,31,34)(H,35,36);3-4H,1-2H2;3H2,1-2H3/b23-6+,25-17+,32-30?;;. The first-order chi connectivity index (χ1) is 20.3. The summed E-state index contributed by atoms with van der Waals surface area (Å²) in [5, 5.41) is 22.9. The molecule has 1 aromatic carbocycles. The summed E-state index contributed by atoms with van der Waals surface area (Å²) in [4.78, 5) is 23.9. The fourth-order valence-electron chi connectivity index (χ4n) is 3.81. The molecule has 2 rings (SSSR count). The second kappa shape index (κ2) is 22.4. The first-order valence-electron chi connectivity index (χ1n) is 15.3. The molecule has 43 heavy (non-hydrogen) atoms. The summed E-state index contributed by atoms with van der Waals surface area (Å²) < 4.78 is 0. The van der Waals surface area contributed by atoms with Gasteiger partial charge in [0.05, 0.1) is 19.3 Å². The summed E-state index contributed by atoms with van der Waals surface area (Å²) >= 11 is 6.01. The number of hydrogen-bond acceptors (Lipinski definition) is 4. The van der Waals surface area contributed by atoms with Gasteiger partial charge in [-0.15, -0.1) is 0 Å². The molecule has 1 fully saturated rings. The van der Waals surface area contributed by atoms with Crippen LogP contribution in [0.4, 0.5) is 5.69 Å². The monoisotopic (exact) mass is 614 g/mol. The Bertz CT molecular complexity index is 1060. The molecule has 0 heterocycles. The summed E-state index contributed by atoms with van der Waals surface area (Å²) in [5.41, 5.74) is 3.42. The Kier molecular flexibility index (Phi) is 20.7. The van der Waals surface area contributed by atoms with E-state index in [0.29, 0.717) is 17.4 Å². The quantitative estimate of drug-likeness (QED) is 0.117. The third-order valence-electron chi connectivity index (χ3n) is 6.28. The minimum absolute atomic E-state index is 0.0141. The predicted molar refractivity (Wildman–Crippen MR) is 182 cm³/mol. The Morgan fingerprint density at radius 2 is 1.74 bits per heavy atom. The van der Waals surface area contributed by atoms with Crippen LogP contribution in [0.15, 0.2) is 82.8 Å². The molecule has 0 radical (unpaired) electrons. The molecular formula is C35H55ClN4O3. The Balaban J connectivity index is 0.00000227. The van der Waals surface area contributed by atoms with Crippen LogP contribution in [0.2, 0.25) is 0 Å². The van der Waals surface area contributed by atoms with E-state index in [1.165, 1.54) is 12.0 Å². The maximum Gasteiger partial charge on any atom is 0.303 e. The average molecular weight is 615 g/mol. The van der Waals surface area contributed by atoms with Gasteiger partial charge in [0, 0.05) is 29.5 Å². The number of rotatable bonds is 15. The van der Waals surface area contributed by atoms with Gasteiger partial charge < -0.3 is 10.4 Å². The third kappa shape index (κ3) is 19.6. The van der Waals surface area contributed by atoms with E-state index in [4.69, 9.17) is 11.6 Å². The van der Waals surface area contributed by atoms with Gasteiger partial charge in [0.2, 0.25) is 5.91 Å². The van der Waals surface area contributed by atoms with Crippen LogP contribution in [0.25, 0.3) is 0 Å². The van der Waals surface area contributed by atoms with E-state index >= 15 is 0 Å². The normalized spacial score (nSPS) is 14.0. The molecule has 1 aliphatic carbocycles. The number of hydrogen-bond donors (Lipinski definition) is 2. The summed E-state index contributed by atoms with van der Waals surface area (Å²) in [5.74, 6) is -0.982. The second-order valence-electron chi connectivity index (χ2n) is 11.8. The Morgan fingerprint density at radius 3 is 2.19 bits per heavy atom. The van der Waals surface area contributed by atoms with Gasteiger partial charge in [-0.05, 0) is 68.1 Å². The lowest BCUT2D eigenvalue weighted by molar-refractivity contribution is -0.137. The highest BCUT2D eigenvalue weighted by atomic mass is 35.5. The van der Waals surface area contributed by atoms with E-state index < -0.39 is 5.97 Å². The summed E-state index contributed by atoms with van der Waals surface area (Å²) in [6.45, 7) is 19.8. The number of carboxylic acids is 1. The first-order valence-corrected chi connectivity index (χ1v) is 15.7. The molecule has 1 saturated carbocycles. The maximum absolute atomic E-state index is 12.6. The van der Waals surface area contributed by atoms with Crippen LogP contribution < -0.4 is 10.3 Å². The number of allylic oxidation sites excluding steroid dienone is 5. The van der Waals surface area contributed by atoms with Crippen LogP contribution >= 0.6 is 11.6 Å². The van der Waals surface area contributed by atoms with Gasteiger partial charge >= 0.3 is 5.97 Å². The number of amides is 1. The molecule has 1 atom stereocenters. The van der Waals surface area contributed by atoms with Crippen molar-refractivity contribution in [3.8, 4) is 0 Å². The van der Waals surface area contributed by atoms with Crippen LogP contribution in [0, 0.1) is 17.3 Å². The molecule has 0 spiro atoms. The van der Waals surface area contributed by atoms with Crippen molar-refractivity contribution in [2.75, 3.05) is 18.6 Å². The first kappa shape index (κ1) is 39.8. The van der Waals surface area contributed by atoms with Crippen molar-refractivity contribution in [1.29, 1.82) is 0 Å². The lowest BCUT2D eigenvalue weighted by atomic mass is 9.89. The van der Waals surface area contributed by atoms with Crippen molar-refractivity contribution >= 4 is 29.2 Å². The fourth-order valence-corrected chi connectivity index (χ4v) is 3.88. The highest BCUT2D eigenvalue weighted by Gasteiger charge is 2.32. The van der Waals surface area contributed by atoms with E-state index in [-0.39, 0.29) is 36.6 Å². The molecule has 1 unspecified atom stereocenters. The average Bonchev–Trinajstić information content (AvgIpc) is 3.81. The lowest BCUT2D eigenvalue weighted by Crippen LogP contribution is -2.27. The zero-order valence-electron chi connectivity index (χ0n) is 27.5. The van der Waals surface area contributed by atoms with Gasteiger partial charge in [-0.3, -0.25) is 9.59 Å². The molecule has 8 heteroatoms. The summed E-state index contributed by atoms with van der Waals surface area (Å²) in [7, 11) is 1.63. The topological polar surface area (TPSA) is 94.4 Å². The van der Waals surface area contributed by atoms with E-state index in [9.17, 15) is 14.7 Å².